The molecule has 4 nitrogen and oxygen atoms in total. The number of para-hydroxylation sites is 1. The Balaban J connectivity index is 2.20. The molecule has 20 heavy (non-hydrogen) atoms. The molecule has 106 valence electrons. The van der Waals surface area contributed by atoms with Gasteiger partial charge >= 0.3 is 5.97 Å². The Morgan fingerprint density at radius 1 is 1.30 bits per heavy atom. The van der Waals surface area contributed by atoms with Crippen molar-refractivity contribution in [1.82, 2.24) is 0 Å². The van der Waals surface area contributed by atoms with Gasteiger partial charge in [-0.05, 0) is 23.6 Å². The SMILES string of the molecule is O=C(O)CN(CC(O)c1cccs1)c1ccccc1Cl. The Kier molecular flexibility index (Phi) is 5.00. The average molecular weight is 312 g/mol. The van der Waals surface area contributed by atoms with Gasteiger partial charge in [0.05, 0.1) is 10.7 Å². The molecule has 2 aromatic rings. The van der Waals surface area contributed by atoms with E-state index in [-0.39, 0.29) is 13.1 Å². The highest BCUT2D eigenvalue weighted by molar-refractivity contribution is 7.10. The second-order valence-electron chi connectivity index (χ2n) is 4.26. The van der Waals surface area contributed by atoms with Gasteiger partial charge in [0.25, 0.3) is 0 Å². The highest BCUT2D eigenvalue weighted by Crippen LogP contribution is 2.28. The van der Waals surface area contributed by atoms with Crippen LogP contribution in [0.2, 0.25) is 5.02 Å². The van der Waals surface area contributed by atoms with Crippen molar-refractivity contribution in [2.24, 2.45) is 0 Å². The smallest absolute Gasteiger partial charge is 0.323 e. The summed E-state index contributed by atoms with van der Waals surface area (Å²) >= 11 is 7.53. The second-order valence-corrected chi connectivity index (χ2v) is 5.64. The Morgan fingerprint density at radius 3 is 2.65 bits per heavy atom. The summed E-state index contributed by atoms with van der Waals surface area (Å²) in [4.78, 5) is 13.4. The molecule has 1 aromatic carbocycles. The predicted molar refractivity (Wildman–Crippen MR) is 80.6 cm³/mol. The van der Waals surface area contributed by atoms with E-state index in [0.717, 1.165) is 4.88 Å². The molecule has 0 aliphatic rings. The van der Waals surface area contributed by atoms with Crippen LogP contribution in [-0.4, -0.2) is 29.3 Å². The maximum absolute atomic E-state index is 11.0. The minimum atomic E-state index is -0.969. The number of aliphatic carboxylic acids is 1. The topological polar surface area (TPSA) is 60.8 Å². The van der Waals surface area contributed by atoms with Gasteiger partial charge in [-0.25, -0.2) is 0 Å². The van der Waals surface area contributed by atoms with Crippen LogP contribution in [0.4, 0.5) is 5.69 Å². The molecule has 1 atom stereocenters. The van der Waals surface area contributed by atoms with Crippen LogP contribution in [0, 0.1) is 0 Å². The number of anilines is 1. The van der Waals surface area contributed by atoms with Crippen molar-refractivity contribution in [3.05, 3.63) is 51.7 Å². The van der Waals surface area contributed by atoms with Crippen molar-refractivity contribution in [3.8, 4) is 0 Å². The first-order valence-electron chi connectivity index (χ1n) is 6.00. The molecule has 0 spiro atoms. The van der Waals surface area contributed by atoms with E-state index in [4.69, 9.17) is 16.7 Å². The largest absolute Gasteiger partial charge is 0.480 e. The van der Waals surface area contributed by atoms with Gasteiger partial charge in [0, 0.05) is 11.4 Å². The summed E-state index contributed by atoms with van der Waals surface area (Å²) in [5, 5.41) is 21.5. The zero-order valence-electron chi connectivity index (χ0n) is 10.6. The summed E-state index contributed by atoms with van der Waals surface area (Å²) in [6.45, 7) is -0.0390. The number of nitrogens with zero attached hydrogens (tertiary/aromatic N) is 1. The monoisotopic (exact) mass is 311 g/mol. The van der Waals surface area contributed by atoms with Crippen LogP contribution in [0.1, 0.15) is 11.0 Å². The van der Waals surface area contributed by atoms with Gasteiger partial charge < -0.3 is 15.1 Å². The Bertz CT molecular complexity index is 574. The molecule has 0 fully saturated rings. The predicted octanol–water partition coefficient (Wildman–Crippen LogP) is 3.03. The highest BCUT2D eigenvalue weighted by Gasteiger charge is 2.19. The molecule has 0 aliphatic heterocycles. The summed E-state index contributed by atoms with van der Waals surface area (Å²) in [5.41, 5.74) is 0.604. The molecule has 1 unspecified atom stereocenters. The van der Waals surface area contributed by atoms with Crippen molar-refractivity contribution in [2.45, 2.75) is 6.10 Å². The first-order chi connectivity index (χ1) is 9.58. The number of aliphatic hydroxyl groups excluding tert-OH is 1. The molecule has 0 saturated carbocycles. The molecular formula is C14H14ClNO3S. The van der Waals surface area contributed by atoms with Gasteiger partial charge in [-0.1, -0.05) is 29.8 Å². The fourth-order valence-electron chi connectivity index (χ4n) is 1.90. The number of aliphatic hydroxyl groups is 1. The van der Waals surface area contributed by atoms with Crippen molar-refractivity contribution in [2.75, 3.05) is 18.0 Å². The van der Waals surface area contributed by atoms with Crippen molar-refractivity contribution < 1.29 is 15.0 Å². The van der Waals surface area contributed by atoms with Crippen LogP contribution in [0.3, 0.4) is 0 Å². The molecule has 1 aromatic heterocycles. The third-order valence-electron chi connectivity index (χ3n) is 2.78. The zero-order valence-corrected chi connectivity index (χ0v) is 12.1. The lowest BCUT2D eigenvalue weighted by Gasteiger charge is -2.26. The number of carboxylic acid groups (broad SMARTS) is 1. The van der Waals surface area contributed by atoms with Gasteiger partial charge in [-0.3, -0.25) is 4.79 Å². The van der Waals surface area contributed by atoms with Gasteiger partial charge in [0.2, 0.25) is 0 Å². The second kappa shape index (κ2) is 6.74. The number of halogens is 1. The number of hydrogen-bond donors (Lipinski definition) is 2. The van der Waals surface area contributed by atoms with Crippen LogP contribution < -0.4 is 4.90 Å². The summed E-state index contributed by atoms with van der Waals surface area (Å²) in [6.07, 6.45) is -0.745. The molecule has 6 heteroatoms. The minimum absolute atomic E-state index is 0.177. The van der Waals surface area contributed by atoms with E-state index in [1.165, 1.54) is 11.3 Å². The number of rotatable bonds is 6. The van der Waals surface area contributed by atoms with Crippen LogP contribution in [-0.2, 0) is 4.79 Å². The van der Waals surface area contributed by atoms with Gasteiger partial charge in [0.1, 0.15) is 12.6 Å². The van der Waals surface area contributed by atoms with Gasteiger partial charge in [0.15, 0.2) is 0 Å². The van der Waals surface area contributed by atoms with E-state index in [0.29, 0.717) is 10.7 Å². The Hall–Kier alpha value is -1.56. The van der Waals surface area contributed by atoms with E-state index in [1.54, 1.807) is 29.2 Å². The molecule has 0 bridgehead atoms. The first-order valence-corrected chi connectivity index (χ1v) is 7.26. The lowest BCUT2D eigenvalue weighted by molar-refractivity contribution is -0.135. The fraction of sp³-hybridized carbons (Fsp3) is 0.214. The molecule has 0 saturated heterocycles. The number of thiophene rings is 1. The minimum Gasteiger partial charge on any atom is -0.480 e. The third-order valence-corrected chi connectivity index (χ3v) is 4.08. The number of carboxylic acids is 1. The van der Waals surface area contributed by atoms with Crippen molar-refractivity contribution >= 4 is 34.6 Å². The molecule has 1 heterocycles. The van der Waals surface area contributed by atoms with Gasteiger partial charge in [-0.15, -0.1) is 11.3 Å². The van der Waals surface area contributed by atoms with E-state index >= 15 is 0 Å². The molecule has 2 rings (SSSR count). The Labute approximate surface area is 125 Å². The van der Waals surface area contributed by atoms with E-state index in [9.17, 15) is 9.90 Å². The lowest BCUT2D eigenvalue weighted by atomic mass is 10.2. The number of benzene rings is 1. The molecule has 0 radical (unpaired) electrons. The standard InChI is InChI=1S/C14H14ClNO3S/c15-10-4-1-2-5-11(10)16(9-14(18)19)8-12(17)13-6-3-7-20-13/h1-7,12,17H,8-9H2,(H,18,19). The van der Waals surface area contributed by atoms with Crippen LogP contribution in [0.15, 0.2) is 41.8 Å². The quantitative estimate of drug-likeness (QED) is 0.861. The number of hydrogen-bond acceptors (Lipinski definition) is 4. The van der Waals surface area contributed by atoms with E-state index in [1.807, 2.05) is 17.5 Å². The van der Waals surface area contributed by atoms with Crippen LogP contribution in [0.25, 0.3) is 0 Å². The summed E-state index contributed by atoms with van der Waals surface area (Å²) < 4.78 is 0. The Morgan fingerprint density at radius 2 is 2.05 bits per heavy atom. The van der Waals surface area contributed by atoms with Crippen molar-refractivity contribution in [3.63, 3.8) is 0 Å². The number of carbonyl (C=O) groups is 1. The normalized spacial score (nSPS) is 12.1. The summed E-state index contributed by atoms with van der Waals surface area (Å²) in [6, 6.07) is 10.7. The lowest BCUT2D eigenvalue weighted by Crippen LogP contribution is -2.33. The van der Waals surface area contributed by atoms with E-state index in [2.05, 4.69) is 0 Å². The first kappa shape index (κ1) is 14.8. The van der Waals surface area contributed by atoms with Crippen LogP contribution >= 0.6 is 22.9 Å². The maximum atomic E-state index is 11.0. The summed E-state index contributed by atoms with van der Waals surface area (Å²) in [7, 11) is 0. The maximum Gasteiger partial charge on any atom is 0.323 e. The van der Waals surface area contributed by atoms with E-state index < -0.39 is 12.1 Å². The zero-order chi connectivity index (χ0) is 14.5. The molecule has 2 N–H and O–H groups in total. The average Bonchev–Trinajstić information content (AvgIpc) is 2.92. The van der Waals surface area contributed by atoms with Crippen LogP contribution in [0.5, 0.6) is 0 Å². The molecular weight excluding hydrogens is 298 g/mol. The third kappa shape index (κ3) is 3.72. The summed E-state index contributed by atoms with van der Waals surface area (Å²) in [5.74, 6) is -0.969. The molecule has 0 aliphatic carbocycles. The fourth-order valence-corrected chi connectivity index (χ4v) is 2.86. The molecule has 0 amide bonds. The highest BCUT2D eigenvalue weighted by atomic mass is 35.5. The van der Waals surface area contributed by atoms with Crippen molar-refractivity contribution in [1.29, 1.82) is 0 Å². The van der Waals surface area contributed by atoms with Gasteiger partial charge in [-0.2, -0.15) is 0 Å².